The summed E-state index contributed by atoms with van der Waals surface area (Å²) in [6.45, 7) is 4.37. The van der Waals surface area contributed by atoms with Crippen LogP contribution in [-0.2, 0) is 9.63 Å². The Morgan fingerprint density at radius 2 is 2.03 bits per heavy atom. The summed E-state index contributed by atoms with van der Waals surface area (Å²) in [4.78, 5) is 30.8. The first-order valence-corrected chi connectivity index (χ1v) is 9.78. The van der Waals surface area contributed by atoms with E-state index < -0.39 is 6.10 Å². The monoisotopic (exact) mass is 409 g/mol. The Morgan fingerprint density at radius 3 is 2.83 bits per heavy atom. The Kier molecular flexibility index (Phi) is 4.53. The van der Waals surface area contributed by atoms with Crippen molar-refractivity contribution in [1.29, 1.82) is 0 Å². The van der Waals surface area contributed by atoms with Gasteiger partial charge in [-0.15, -0.1) is 0 Å². The van der Waals surface area contributed by atoms with E-state index in [1.807, 2.05) is 13.0 Å². The van der Waals surface area contributed by atoms with Gasteiger partial charge in [0.1, 0.15) is 18.0 Å². The van der Waals surface area contributed by atoms with Crippen molar-refractivity contribution >= 4 is 23.2 Å². The van der Waals surface area contributed by atoms with Crippen molar-refractivity contribution in [1.82, 2.24) is 24.5 Å². The van der Waals surface area contributed by atoms with Gasteiger partial charge in [-0.05, 0) is 19.1 Å². The van der Waals surface area contributed by atoms with E-state index in [-0.39, 0.29) is 11.7 Å². The number of piperazine rings is 1. The number of oxime groups is 1. The molecule has 3 aromatic rings. The Labute approximate surface area is 171 Å². The first kappa shape index (κ1) is 18.5. The molecule has 5 rings (SSSR count). The molecule has 0 aliphatic carbocycles. The zero-order valence-electron chi connectivity index (χ0n) is 16.4. The number of aromatic nitrogens is 4. The highest BCUT2D eigenvalue weighted by atomic mass is 19.1. The number of hydrogen-bond acceptors (Lipinski definition) is 7. The number of fused-ring (bicyclic) bond motifs is 1. The number of anilines is 1. The Hall–Kier alpha value is -3.56. The lowest BCUT2D eigenvalue weighted by Gasteiger charge is -2.36. The van der Waals surface area contributed by atoms with Crippen LogP contribution in [0.3, 0.4) is 0 Å². The standard InChI is InChI=1S/C20H20FN7O2/c1-13-9-18(28-20(24-13)22-12-23-28)26-5-7-27(8-6-26)19(29)17-11-16(25-30-17)14-3-2-4-15(21)10-14/h2-4,9-10,12,17H,5-8,11H2,1H3/t17-/m0/s1. The maximum absolute atomic E-state index is 13.5. The van der Waals surface area contributed by atoms with Gasteiger partial charge in [0.05, 0.1) is 5.71 Å². The molecule has 9 nitrogen and oxygen atoms in total. The molecule has 2 aromatic heterocycles. The number of carbonyl (C=O) groups excluding carboxylic acids is 1. The molecule has 4 heterocycles. The average Bonchev–Trinajstić information content (AvgIpc) is 3.42. The average molecular weight is 409 g/mol. The van der Waals surface area contributed by atoms with Crippen LogP contribution in [0.25, 0.3) is 5.78 Å². The summed E-state index contributed by atoms with van der Waals surface area (Å²) in [5.41, 5.74) is 2.10. The van der Waals surface area contributed by atoms with Crippen LogP contribution < -0.4 is 4.90 Å². The van der Waals surface area contributed by atoms with Gasteiger partial charge in [0.2, 0.25) is 6.10 Å². The van der Waals surface area contributed by atoms with Gasteiger partial charge in [0.25, 0.3) is 11.7 Å². The molecule has 1 fully saturated rings. The third-order valence-corrected chi connectivity index (χ3v) is 5.38. The molecular weight excluding hydrogens is 389 g/mol. The smallest absolute Gasteiger partial charge is 0.267 e. The molecule has 1 atom stereocenters. The van der Waals surface area contributed by atoms with Crippen molar-refractivity contribution in [2.45, 2.75) is 19.4 Å². The fourth-order valence-corrected chi connectivity index (χ4v) is 3.84. The van der Waals surface area contributed by atoms with E-state index in [0.717, 1.165) is 11.5 Å². The second kappa shape index (κ2) is 7.36. The third kappa shape index (κ3) is 3.34. The lowest BCUT2D eigenvalue weighted by Crippen LogP contribution is -2.52. The fourth-order valence-electron chi connectivity index (χ4n) is 3.84. The van der Waals surface area contributed by atoms with Crippen LogP contribution in [0.2, 0.25) is 0 Å². The van der Waals surface area contributed by atoms with Gasteiger partial charge < -0.3 is 14.6 Å². The molecule has 2 aliphatic heterocycles. The summed E-state index contributed by atoms with van der Waals surface area (Å²) in [7, 11) is 0. The number of rotatable bonds is 3. The van der Waals surface area contributed by atoms with Crippen LogP contribution in [0.5, 0.6) is 0 Å². The maximum atomic E-state index is 13.5. The molecule has 0 saturated carbocycles. The van der Waals surface area contributed by atoms with E-state index in [2.05, 4.69) is 25.1 Å². The van der Waals surface area contributed by atoms with Crippen molar-refractivity contribution < 1.29 is 14.0 Å². The van der Waals surface area contributed by atoms with Gasteiger partial charge in [-0.25, -0.2) is 9.37 Å². The van der Waals surface area contributed by atoms with Gasteiger partial charge in [-0.2, -0.15) is 14.6 Å². The van der Waals surface area contributed by atoms with Crippen molar-refractivity contribution in [3.8, 4) is 0 Å². The van der Waals surface area contributed by atoms with E-state index in [4.69, 9.17) is 4.84 Å². The van der Waals surface area contributed by atoms with Crippen molar-refractivity contribution in [2.24, 2.45) is 5.16 Å². The Balaban J connectivity index is 1.23. The van der Waals surface area contributed by atoms with Crippen molar-refractivity contribution in [2.75, 3.05) is 31.1 Å². The molecule has 1 aromatic carbocycles. The van der Waals surface area contributed by atoms with E-state index >= 15 is 0 Å². The number of hydrogen-bond donors (Lipinski definition) is 0. The second-order valence-electron chi connectivity index (χ2n) is 7.39. The third-order valence-electron chi connectivity index (χ3n) is 5.38. The molecule has 1 saturated heterocycles. The molecule has 0 N–H and O–H groups in total. The van der Waals surface area contributed by atoms with Crippen LogP contribution in [0.1, 0.15) is 17.7 Å². The first-order chi connectivity index (χ1) is 14.6. The zero-order chi connectivity index (χ0) is 20.7. The normalized spacial score (nSPS) is 19.1. The number of aryl methyl sites for hydroxylation is 1. The summed E-state index contributed by atoms with van der Waals surface area (Å²) in [5, 5.41) is 8.27. The summed E-state index contributed by atoms with van der Waals surface area (Å²) in [6, 6.07) is 8.13. The molecule has 10 heteroatoms. The SMILES string of the molecule is Cc1cc(N2CCN(C(=O)[C@@H]3CC(c4cccc(F)c4)=NO3)CC2)n2ncnc2n1. The van der Waals surface area contributed by atoms with E-state index in [1.54, 1.807) is 21.5 Å². The topological polar surface area (TPSA) is 88.2 Å². The molecule has 30 heavy (non-hydrogen) atoms. The van der Waals surface area contributed by atoms with E-state index in [9.17, 15) is 9.18 Å². The molecule has 0 spiro atoms. The summed E-state index contributed by atoms with van der Waals surface area (Å²) in [6.07, 6.45) is 1.16. The molecule has 0 bridgehead atoms. The molecule has 0 radical (unpaired) electrons. The van der Waals surface area contributed by atoms with Gasteiger partial charge in [-0.1, -0.05) is 17.3 Å². The van der Waals surface area contributed by atoms with Gasteiger partial charge in [0, 0.05) is 49.9 Å². The van der Waals surface area contributed by atoms with E-state index in [0.29, 0.717) is 49.7 Å². The minimum absolute atomic E-state index is 0.0957. The summed E-state index contributed by atoms with van der Waals surface area (Å²) in [5.74, 6) is 1.04. The van der Waals surface area contributed by atoms with Crippen LogP contribution in [0, 0.1) is 12.7 Å². The quantitative estimate of drug-likeness (QED) is 0.650. The van der Waals surface area contributed by atoms with Crippen LogP contribution >= 0.6 is 0 Å². The molecule has 2 aliphatic rings. The lowest BCUT2D eigenvalue weighted by molar-refractivity contribution is -0.142. The predicted octanol–water partition coefficient (Wildman–Crippen LogP) is 1.41. The first-order valence-electron chi connectivity index (χ1n) is 9.78. The van der Waals surface area contributed by atoms with Crippen LogP contribution in [0.4, 0.5) is 10.2 Å². The minimum Gasteiger partial charge on any atom is -0.382 e. The zero-order valence-corrected chi connectivity index (χ0v) is 16.4. The van der Waals surface area contributed by atoms with Gasteiger partial charge in [-0.3, -0.25) is 4.79 Å². The van der Waals surface area contributed by atoms with Crippen LogP contribution in [0.15, 0.2) is 41.8 Å². The number of nitrogens with zero attached hydrogens (tertiary/aromatic N) is 7. The van der Waals surface area contributed by atoms with Gasteiger partial charge in [0.15, 0.2) is 0 Å². The van der Waals surface area contributed by atoms with Gasteiger partial charge >= 0.3 is 0 Å². The highest BCUT2D eigenvalue weighted by molar-refractivity contribution is 6.04. The highest BCUT2D eigenvalue weighted by Crippen LogP contribution is 2.22. The van der Waals surface area contributed by atoms with Crippen LogP contribution in [-0.4, -0.2) is 68.4 Å². The number of amides is 1. The van der Waals surface area contributed by atoms with E-state index in [1.165, 1.54) is 18.5 Å². The molecule has 1 amide bonds. The Morgan fingerprint density at radius 1 is 1.20 bits per heavy atom. The molecule has 154 valence electrons. The lowest BCUT2D eigenvalue weighted by atomic mass is 10.0. The summed E-state index contributed by atoms with van der Waals surface area (Å²) >= 11 is 0. The minimum atomic E-state index is -0.667. The number of carbonyl (C=O) groups is 1. The molecule has 0 unspecified atom stereocenters. The predicted molar refractivity (Wildman–Crippen MR) is 107 cm³/mol. The molecular formula is C20H20FN7O2. The number of benzene rings is 1. The summed E-state index contributed by atoms with van der Waals surface area (Å²) < 4.78 is 15.2. The van der Waals surface area contributed by atoms with Crippen molar-refractivity contribution in [3.63, 3.8) is 0 Å². The highest BCUT2D eigenvalue weighted by Gasteiger charge is 2.34. The van der Waals surface area contributed by atoms with Crippen molar-refractivity contribution in [3.05, 3.63) is 53.7 Å². The second-order valence-corrected chi connectivity index (χ2v) is 7.39. The maximum Gasteiger partial charge on any atom is 0.267 e. The fraction of sp³-hybridized carbons (Fsp3) is 0.350. The Bertz CT molecular complexity index is 1140. The number of halogens is 1. The largest absolute Gasteiger partial charge is 0.382 e.